The fourth-order valence-corrected chi connectivity index (χ4v) is 3.90. The zero-order valence-corrected chi connectivity index (χ0v) is 17.2. The molecule has 3 aromatic rings. The summed E-state index contributed by atoms with van der Waals surface area (Å²) in [5.74, 6) is 0.934. The second kappa shape index (κ2) is 9.33. The lowest BCUT2D eigenvalue weighted by Crippen LogP contribution is -2.31. The van der Waals surface area contributed by atoms with Crippen LogP contribution in [-0.2, 0) is 0 Å². The van der Waals surface area contributed by atoms with Gasteiger partial charge in [0, 0.05) is 28.7 Å². The van der Waals surface area contributed by atoms with E-state index in [0.717, 1.165) is 41.9 Å². The minimum absolute atomic E-state index is 0.0830. The predicted molar refractivity (Wildman–Crippen MR) is 119 cm³/mol. The summed E-state index contributed by atoms with van der Waals surface area (Å²) in [5.41, 5.74) is 2.24. The molecule has 5 nitrogen and oxygen atoms in total. The number of aromatic amines is 1. The van der Waals surface area contributed by atoms with Crippen LogP contribution in [0.25, 0.3) is 10.9 Å². The minimum Gasteiger partial charge on any atom is -0.494 e. The highest BCUT2D eigenvalue weighted by Gasteiger charge is 2.10. The number of likely N-dealkylation sites (tertiary alicyclic amines) is 1. The first-order chi connectivity index (χ1) is 14.2. The molecule has 2 heterocycles. The molecule has 4 rings (SSSR count). The van der Waals surface area contributed by atoms with Crippen molar-refractivity contribution in [3.05, 3.63) is 53.1 Å². The molecule has 0 atom stereocenters. The van der Waals surface area contributed by atoms with Crippen LogP contribution in [0.15, 0.2) is 47.5 Å². The Balaban J connectivity index is 1.32. The number of hydrogen-bond donors (Lipinski definition) is 2. The Bertz CT molecular complexity index is 976. The number of aromatic nitrogens is 1. The topological polar surface area (TPSA) is 60.9 Å². The number of rotatable bonds is 7. The Labute approximate surface area is 176 Å². The van der Waals surface area contributed by atoms with Crippen LogP contribution in [-0.4, -0.2) is 47.4 Å². The van der Waals surface area contributed by atoms with E-state index in [2.05, 4.69) is 14.9 Å². The van der Waals surface area contributed by atoms with Gasteiger partial charge in [-0.15, -0.1) is 0 Å². The van der Waals surface area contributed by atoms with Gasteiger partial charge in [0.2, 0.25) is 0 Å². The van der Waals surface area contributed by atoms with Crippen LogP contribution in [0.3, 0.4) is 0 Å². The third-order valence-electron chi connectivity index (χ3n) is 5.30. The van der Waals surface area contributed by atoms with Gasteiger partial charge in [-0.25, -0.2) is 0 Å². The van der Waals surface area contributed by atoms with Crippen molar-refractivity contribution in [3.63, 3.8) is 0 Å². The van der Waals surface area contributed by atoms with Gasteiger partial charge in [0.25, 0.3) is 0 Å². The lowest BCUT2D eigenvalue weighted by atomic mass is 10.1. The molecule has 2 N–H and O–H groups in total. The maximum atomic E-state index is 10.1. The summed E-state index contributed by atoms with van der Waals surface area (Å²) in [6.45, 7) is 4.29. The van der Waals surface area contributed by atoms with E-state index >= 15 is 0 Å². The number of piperidine rings is 1. The molecule has 6 heteroatoms. The van der Waals surface area contributed by atoms with E-state index in [0.29, 0.717) is 10.6 Å². The molecular weight excluding hydrogens is 386 g/mol. The number of nitrogens with zero attached hydrogens (tertiary/aromatic N) is 2. The summed E-state index contributed by atoms with van der Waals surface area (Å²) in [6, 6.07) is 13.1. The normalized spacial score (nSPS) is 15.3. The maximum Gasteiger partial charge on any atom is 0.198 e. The number of nitrogens with one attached hydrogen (secondary N) is 1. The molecule has 2 aromatic carbocycles. The van der Waals surface area contributed by atoms with Crippen molar-refractivity contribution in [2.45, 2.75) is 25.7 Å². The van der Waals surface area contributed by atoms with E-state index in [4.69, 9.17) is 16.3 Å². The average molecular weight is 412 g/mol. The fourth-order valence-electron chi connectivity index (χ4n) is 3.73. The van der Waals surface area contributed by atoms with Crippen LogP contribution in [0.4, 0.5) is 5.69 Å². The standard InChI is InChI=1S/C23H26ClN3O2/c24-17-5-10-22-20(15-17)21(23(28)26-22)16-25-18-6-8-19(9-7-18)29-14-4-13-27-11-2-1-3-12-27/h5-10,15-16,26,28H,1-4,11-14H2. The first kappa shape index (κ1) is 19.8. The zero-order chi connectivity index (χ0) is 20.1. The highest BCUT2D eigenvalue weighted by Crippen LogP contribution is 2.29. The van der Waals surface area contributed by atoms with E-state index < -0.39 is 0 Å². The van der Waals surface area contributed by atoms with Crippen molar-refractivity contribution in [1.82, 2.24) is 9.88 Å². The van der Waals surface area contributed by atoms with Crippen LogP contribution >= 0.6 is 11.6 Å². The highest BCUT2D eigenvalue weighted by atomic mass is 35.5. The summed E-state index contributed by atoms with van der Waals surface area (Å²) in [7, 11) is 0. The largest absolute Gasteiger partial charge is 0.494 e. The highest BCUT2D eigenvalue weighted by molar-refractivity contribution is 6.31. The lowest BCUT2D eigenvalue weighted by molar-refractivity contribution is 0.205. The molecule has 0 radical (unpaired) electrons. The van der Waals surface area contributed by atoms with Gasteiger partial charge in [0.1, 0.15) is 5.75 Å². The van der Waals surface area contributed by atoms with Gasteiger partial charge in [-0.3, -0.25) is 4.99 Å². The fraction of sp³-hybridized carbons (Fsp3) is 0.348. The molecule has 1 fully saturated rings. The molecule has 152 valence electrons. The molecule has 0 bridgehead atoms. The molecule has 0 aliphatic carbocycles. The van der Waals surface area contributed by atoms with E-state index in [1.807, 2.05) is 36.4 Å². The van der Waals surface area contributed by atoms with Crippen molar-refractivity contribution >= 4 is 34.4 Å². The summed E-state index contributed by atoms with van der Waals surface area (Å²) in [4.78, 5) is 9.94. The summed E-state index contributed by atoms with van der Waals surface area (Å²) in [6.07, 6.45) is 6.72. The van der Waals surface area contributed by atoms with Gasteiger partial charge in [0.15, 0.2) is 5.88 Å². The van der Waals surface area contributed by atoms with E-state index in [9.17, 15) is 5.11 Å². The zero-order valence-electron chi connectivity index (χ0n) is 16.4. The molecule has 29 heavy (non-hydrogen) atoms. The first-order valence-electron chi connectivity index (χ1n) is 10.2. The minimum atomic E-state index is 0.0830. The molecule has 1 aromatic heterocycles. The molecule has 0 spiro atoms. The molecule has 0 unspecified atom stereocenters. The van der Waals surface area contributed by atoms with E-state index in [1.54, 1.807) is 12.3 Å². The number of ether oxygens (including phenoxy) is 1. The Morgan fingerprint density at radius 2 is 1.90 bits per heavy atom. The Kier molecular flexibility index (Phi) is 6.37. The molecular formula is C23H26ClN3O2. The summed E-state index contributed by atoms with van der Waals surface area (Å²) >= 11 is 6.07. The Hall–Kier alpha value is -2.50. The van der Waals surface area contributed by atoms with Crippen LogP contribution in [0.1, 0.15) is 31.2 Å². The maximum absolute atomic E-state index is 10.1. The SMILES string of the molecule is Oc1[nH]c2ccc(Cl)cc2c1C=Nc1ccc(OCCCN2CCCCC2)cc1. The average Bonchev–Trinajstić information content (AvgIpc) is 3.05. The monoisotopic (exact) mass is 411 g/mol. The summed E-state index contributed by atoms with van der Waals surface area (Å²) in [5, 5.41) is 11.6. The molecule has 0 saturated carbocycles. The first-order valence-corrected chi connectivity index (χ1v) is 10.6. The van der Waals surface area contributed by atoms with Crippen molar-refractivity contribution in [2.75, 3.05) is 26.2 Å². The number of aromatic hydroxyl groups is 1. The number of H-pyrrole nitrogens is 1. The quantitative estimate of drug-likeness (QED) is 0.396. The second-order valence-corrected chi connectivity index (χ2v) is 7.87. The third-order valence-corrected chi connectivity index (χ3v) is 5.53. The number of aliphatic imine (C=N–C) groups is 1. The van der Waals surface area contributed by atoms with Gasteiger partial charge in [-0.05, 0) is 74.8 Å². The molecule has 1 aliphatic rings. The van der Waals surface area contributed by atoms with Gasteiger partial charge >= 0.3 is 0 Å². The van der Waals surface area contributed by atoms with E-state index in [-0.39, 0.29) is 5.88 Å². The van der Waals surface area contributed by atoms with Gasteiger partial charge < -0.3 is 19.7 Å². The smallest absolute Gasteiger partial charge is 0.198 e. The molecule has 1 saturated heterocycles. The molecule has 1 aliphatic heterocycles. The number of fused-ring (bicyclic) bond motifs is 1. The van der Waals surface area contributed by atoms with Gasteiger partial charge in [-0.1, -0.05) is 18.0 Å². The second-order valence-electron chi connectivity index (χ2n) is 7.43. The Morgan fingerprint density at radius 3 is 2.69 bits per heavy atom. The van der Waals surface area contributed by atoms with E-state index in [1.165, 1.54) is 32.4 Å². The third kappa shape index (κ3) is 5.11. The summed E-state index contributed by atoms with van der Waals surface area (Å²) < 4.78 is 5.85. The van der Waals surface area contributed by atoms with Crippen LogP contribution in [0, 0.1) is 0 Å². The van der Waals surface area contributed by atoms with Crippen LogP contribution in [0.5, 0.6) is 11.6 Å². The number of halogens is 1. The van der Waals surface area contributed by atoms with Gasteiger partial charge in [-0.2, -0.15) is 0 Å². The van der Waals surface area contributed by atoms with Crippen molar-refractivity contribution in [3.8, 4) is 11.6 Å². The van der Waals surface area contributed by atoms with Crippen LogP contribution < -0.4 is 4.74 Å². The molecule has 0 amide bonds. The van der Waals surface area contributed by atoms with Crippen molar-refractivity contribution in [2.24, 2.45) is 4.99 Å². The van der Waals surface area contributed by atoms with Crippen molar-refractivity contribution in [1.29, 1.82) is 0 Å². The van der Waals surface area contributed by atoms with Gasteiger partial charge in [0.05, 0.1) is 17.9 Å². The lowest BCUT2D eigenvalue weighted by Gasteiger charge is -2.26. The predicted octanol–water partition coefficient (Wildman–Crippen LogP) is 5.53. The van der Waals surface area contributed by atoms with Crippen molar-refractivity contribution < 1.29 is 9.84 Å². The Morgan fingerprint density at radius 1 is 1.10 bits per heavy atom. The van der Waals surface area contributed by atoms with Crippen LogP contribution in [0.2, 0.25) is 5.02 Å². The number of hydrogen-bond acceptors (Lipinski definition) is 4. The number of benzene rings is 2.